The van der Waals surface area contributed by atoms with Crippen molar-refractivity contribution in [3.8, 4) is 0 Å². The third kappa shape index (κ3) is 2.88. The smallest absolute Gasteiger partial charge is 0.254 e. The van der Waals surface area contributed by atoms with E-state index in [2.05, 4.69) is 10.3 Å². The Kier molecular flexibility index (Phi) is 4.20. The van der Waals surface area contributed by atoms with Crippen LogP contribution >= 0.6 is 11.6 Å². The standard InChI is InChI=1S/C14H14ClN3O2/c1-16-13(19)8-18(2)14(20)10-7-12(15)17-11-6-4-3-5-9(10)11/h3-7H,8H2,1-2H3,(H,16,19). The summed E-state index contributed by atoms with van der Waals surface area (Å²) >= 11 is 5.94. The summed E-state index contributed by atoms with van der Waals surface area (Å²) < 4.78 is 0. The Hall–Kier alpha value is -2.14. The van der Waals surface area contributed by atoms with Crippen molar-refractivity contribution >= 4 is 34.3 Å². The Bertz CT molecular complexity index is 673. The minimum atomic E-state index is -0.269. The van der Waals surface area contributed by atoms with Crippen LogP contribution in [0.2, 0.25) is 5.15 Å². The van der Waals surface area contributed by atoms with E-state index in [1.54, 1.807) is 19.2 Å². The second kappa shape index (κ2) is 5.88. The first-order valence-corrected chi connectivity index (χ1v) is 6.42. The fourth-order valence-corrected chi connectivity index (χ4v) is 2.09. The maximum absolute atomic E-state index is 12.4. The molecule has 0 fully saturated rings. The molecule has 1 N–H and O–H groups in total. The molecule has 0 saturated carbocycles. The average molecular weight is 292 g/mol. The number of fused-ring (bicyclic) bond motifs is 1. The quantitative estimate of drug-likeness (QED) is 0.876. The van der Waals surface area contributed by atoms with Crippen LogP contribution in [0.3, 0.4) is 0 Å². The lowest BCUT2D eigenvalue weighted by Gasteiger charge is -2.17. The summed E-state index contributed by atoms with van der Waals surface area (Å²) in [5.41, 5.74) is 1.09. The first kappa shape index (κ1) is 14.3. The van der Waals surface area contributed by atoms with Crippen molar-refractivity contribution in [3.63, 3.8) is 0 Å². The van der Waals surface area contributed by atoms with Crippen molar-refractivity contribution in [1.82, 2.24) is 15.2 Å². The topological polar surface area (TPSA) is 62.3 Å². The molecule has 1 aromatic heterocycles. The molecule has 1 aromatic carbocycles. The van der Waals surface area contributed by atoms with Gasteiger partial charge in [-0.1, -0.05) is 29.8 Å². The maximum atomic E-state index is 12.4. The molecule has 2 aromatic rings. The van der Waals surface area contributed by atoms with E-state index in [9.17, 15) is 9.59 Å². The van der Waals surface area contributed by atoms with Gasteiger partial charge < -0.3 is 10.2 Å². The van der Waals surface area contributed by atoms with Gasteiger partial charge in [-0.2, -0.15) is 0 Å². The summed E-state index contributed by atoms with van der Waals surface area (Å²) in [5, 5.41) is 3.44. The van der Waals surface area contributed by atoms with Gasteiger partial charge in [-0.3, -0.25) is 9.59 Å². The van der Waals surface area contributed by atoms with Crippen LogP contribution in [-0.4, -0.2) is 42.3 Å². The van der Waals surface area contributed by atoms with Gasteiger partial charge in [-0.15, -0.1) is 0 Å². The fourth-order valence-electron chi connectivity index (χ4n) is 1.89. The first-order valence-electron chi connectivity index (χ1n) is 6.04. The molecular formula is C14H14ClN3O2. The summed E-state index contributed by atoms with van der Waals surface area (Å²) in [4.78, 5) is 29.3. The van der Waals surface area contributed by atoms with Crippen LogP contribution in [0.15, 0.2) is 30.3 Å². The van der Waals surface area contributed by atoms with Gasteiger partial charge in [0.25, 0.3) is 5.91 Å². The molecule has 6 heteroatoms. The molecule has 0 unspecified atom stereocenters. The number of aromatic nitrogens is 1. The minimum absolute atomic E-state index is 0.0103. The molecule has 0 spiro atoms. The highest BCUT2D eigenvalue weighted by atomic mass is 35.5. The highest BCUT2D eigenvalue weighted by Crippen LogP contribution is 2.21. The molecule has 0 atom stereocenters. The predicted molar refractivity (Wildman–Crippen MR) is 77.8 cm³/mol. The molecule has 20 heavy (non-hydrogen) atoms. The number of nitrogens with one attached hydrogen (secondary N) is 1. The minimum Gasteiger partial charge on any atom is -0.358 e. The molecule has 0 saturated heterocycles. The zero-order valence-electron chi connectivity index (χ0n) is 11.2. The van der Waals surface area contributed by atoms with E-state index in [1.165, 1.54) is 18.0 Å². The lowest BCUT2D eigenvalue weighted by Crippen LogP contribution is -2.37. The van der Waals surface area contributed by atoms with Crippen LogP contribution in [0, 0.1) is 0 Å². The Balaban J connectivity index is 2.41. The fraction of sp³-hybridized carbons (Fsp3) is 0.214. The molecule has 104 valence electrons. The number of nitrogens with zero attached hydrogens (tertiary/aromatic N) is 2. The third-order valence-corrected chi connectivity index (χ3v) is 3.12. The largest absolute Gasteiger partial charge is 0.358 e. The number of carbonyl (C=O) groups is 2. The van der Waals surface area contributed by atoms with Crippen LogP contribution < -0.4 is 5.32 Å². The third-order valence-electron chi connectivity index (χ3n) is 2.92. The zero-order valence-corrected chi connectivity index (χ0v) is 11.9. The number of amides is 2. The monoisotopic (exact) mass is 291 g/mol. The van der Waals surface area contributed by atoms with Gasteiger partial charge >= 0.3 is 0 Å². The van der Waals surface area contributed by atoms with E-state index in [4.69, 9.17) is 11.6 Å². The SMILES string of the molecule is CNC(=O)CN(C)C(=O)c1cc(Cl)nc2ccccc12. The summed E-state index contributed by atoms with van der Waals surface area (Å²) in [7, 11) is 3.10. The van der Waals surface area contributed by atoms with E-state index in [0.717, 1.165) is 0 Å². The van der Waals surface area contributed by atoms with Crippen molar-refractivity contribution in [3.05, 3.63) is 41.0 Å². The number of likely N-dealkylation sites (N-methyl/N-ethyl adjacent to an activating group) is 2. The van der Waals surface area contributed by atoms with Gasteiger partial charge in [0.1, 0.15) is 5.15 Å². The van der Waals surface area contributed by atoms with Crippen LogP contribution in [0.1, 0.15) is 10.4 Å². The van der Waals surface area contributed by atoms with Crippen molar-refractivity contribution in [1.29, 1.82) is 0 Å². The molecule has 0 aliphatic carbocycles. The second-order valence-corrected chi connectivity index (χ2v) is 4.73. The van der Waals surface area contributed by atoms with Crippen molar-refractivity contribution in [2.75, 3.05) is 20.6 Å². The van der Waals surface area contributed by atoms with Gasteiger partial charge in [0.05, 0.1) is 17.6 Å². The van der Waals surface area contributed by atoms with Crippen LogP contribution in [0.25, 0.3) is 10.9 Å². The normalized spacial score (nSPS) is 10.3. The zero-order chi connectivity index (χ0) is 14.7. The Morgan fingerprint density at radius 2 is 2.05 bits per heavy atom. The number of pyridine rings is 1. The summed E-state index contributed by atoms with van der Waals surface area (Å²) in [6.07, 6.45) is 0. The number of carbonyl (C=O) groups excluding carboxylic acids is 2. The maximum Gasteiger partial charge on any atom is 0.254 e. The molecule has 2 amide bonds. The number of hydrogen-bond acceptors (Lipinski definition) is 3. The second-order valence-electron chi connectivity index (χ2n) is 4.34. The van der Waals surface area contributed by atoms with Crippen molar-refractivity contribution < 1.29 is 9.59 Å². The van der Waals surface area contributed by atoms with Crippen LogP contribution in [0.4, 0.5) is 0 Å². The average Bonchev–Trinajstić information content (AvgIpc) is 2.45. The van der Waals surface area contributed by atoms with E-state index < -0.39 is 0 Å². The number of halogens is 1. The van der Waals surface area contributed by atoms with Gasteiger partial charge in [0, 0.05) is 19.5 Å². The number of para-hydroxylation sites is 1. The molecular weight excluding hydrogens is 278 g/mol. The Labute approximate surface area is 121 Å². The molecule has 0 bridgehead atoms. The number of benzene rings is 1. The molecule has 0 aliphatic rings. The van der Waals surface area contributed by atoms with Gasteiger partial charge in [0.2, 0.25) is 5.91 Å². The van der Waals surface area contributed by atoms with E-state index in [0.29, 0.717) is 16.5 Å². The highest BCUT2D eigenvalue weighted by molar-refractivity contribution is 6.30. The van der Waals surface area contributed by atoms with Crippen molar-refractivity contribution in [2.45, 2.75) is 0 Å². The van der Waals surface area contributed by atoms with Gasteiger partial charge in [-0.25, -0.2) is 4.98 Å². The Morgan fingerprint density at radius 3 is 2.75 bits per heavy atom. The van der Waals surface area contributed by atoms with E-state index in [-0.39, 0.29) is 23.5 Å². The lowest BCUT2D eigenvalue weighted by molar-refractivity contribution is -0.121. The number of hydrogen-bond donors (Lipinski definition) is 1. The predicted octanol–water partition coefficient (Wildman–Crippen LogP) is 1.71. The van der Waals surface area contributed by atoms with Gasteiger partial charge in [0.15, 0.2) is 0 Å². The molecule has 2 rings (SSSR count). The van der Waals surface area contributed by atoms with Gasteiger partial charge in [-0.05, 0) is 12.1 Å². The summed E-state index contributed by atoms with van der Waals surface area (Å²) in [5.74, 6) is -0.501. The van der Waals surface area contributed by atoms with Crippen LogP contribution in [0.5, 0.6) is 0 Å². The Morgan fingerprint density at radius 1 is 1.35 bits per heavy atom. The lowest BCUT2D eigenvalue weighted by atomic mass is 10.1. The first-order chi connectivity index (χ1) is 9.52. The van der Waals surface area contributed by atoms with E-state index >= 15 is 0 Å². The molecule has 1 heterocycles. The highest BCUT2D eigenvalue weighted by Gasteiger charge is 2.18. The molecule has 5 nitrogen and oxygen atoms in total. The number of rotatable bonds is 3. The summed E-state index contributed by atoms with van der Waals surface area (Å²) in [6, 6.07) is 8.77. The summed E-state index contributed by atoms with van der Waals surface area (Å²) in [6.45, 7) is -0.0103. The molecule has 0 aliphatic heterocycles. The van der Waals surface area contributed by atoms with E-state index in [1.807, 2.05) is 12.1 Å². The molecule has 0 radical (unpaired) electrons. The van der Waals surface area contributed by atoms with Crippen LogP contribution in [-0.2, 0) is 4.79 Å². The van der Waals surface area contributed by atoms with Crippen molar-refractivity contribution in [2.24, 2.45) is 0 Å².